The molecular formula is C8H8BrO. The number of aliphatic hydroxyl groups excluding tert-OH is 1. The van der Waals surface area contributed by atoms with Crippen LogP contribution in [0.4, 0.5) is 0 Å². The van der Waals surface area contributed by atoms with Gasteiger partial charge in [-0.05, 0) is 17.7 Å². The summed E-state index contributed by atoms with van der Waals surface area (Å²) >= 11 is 3.32. The van der Waals surface area contributed by atoms with Crippen molar-refractivity contribution < 1.29 is 5.11 Å². The van der Waals surface area contributed by atoms with Crippen LogP contribution in [0.1, 0.15) is 5.56 Å². The van der Waals surface area contributed by atoms with E-state index < -0.39 is 0 Å². The average molecular weight is 200 g/mol. The molecule has 10 heavy (non-hydrogen) atoms. The van der Waals surface area contributed by atoms with E-state index in [1.54, 1.807) is 0 Å². The molecule has 0 saturated heterocycles. The van der Waals surface area contributed by atoms with Gasteiger partial charge in [0.15, 0.2) is 0 Å². The summed E-state index contributed by atoms with van der Waals surface area (Å²) in [6.45, 7) is 1.16. The molecule has 0 spiro atoms. The Balaban J connectivity index is 2.69. The van der Waals surface area contributed by atoms with E-state index in [1.165, 1.54) is 0 Å². The Morgan fingerprint density at radius 2 is 1.90 bits per heavy atom. The Morgan fingerprint density at radius 1 is 1.30 bits per heavy atom. The zero-order valence-electron chi connectivity index (χ0n) is 5.42. The molecule has 0 heterocycles. The lowest BCUT2D eigenvalue weighted by Gasteiger charge is -1.95. The SMILES string of the molecule is O[CH]Cc1ccc(Br)cc1. The van der Waals surface area contributed by atoms with Gasteiger partial charge in [-0.1, -0.05) is 28.1 Å². The van der Waals surface area contributed by atoms with Crippen LogP contribution in [0.5, 0.6) is 0 Å². The van der Waals surface area contributed by atoms with Gasteiger partial charge in [-0.25, -0.2) is 0 Å². The monoisotopic (exact) mass is 199 g/mol. The second-order valence-corrected chi connectivity index (χ2v) is 2.93. The molecular weight excluding hydrogens is 192 g/mol. The van der Waals surface area contributed by atoms with E-state index in [-0.39, 0.29) is 0 Å². The van der Waals surface area contributed by atoms with Crippen LogP contribution in [0.2, 0.25) is 0 Å². The highest BCUT2D eigenvalue weighted by atomic mass is 79.9. The quantitative estimate of drug-likeness (QED) is 0.777. The van der Waals surface area contributed by atoms with Crippen molar-refractivity contribution in [3.8, 4) is 0 Å². The summed E-state index contributed by atoms with van der Waals surface area (Å²) < 4.78 is 1.06. The fourth-order valence-electron chi connectivity index (χ4n) is 0.726. The number of halogens is 1. The molecule has 0 atom stereocenters. The molecule has 1 rings (SSSR count). The summed E-state index contributed by atoms with van der Waals surface area (Å²) in [6, 6.07) is 7.85. The Labute approximate surface area is 68.8 Å². The van der Waals surface area contributed by atoms with Gasteiger partial charge in [0.05, 0.1) is 6.61 Å². The summed E-state index contributed by atoms with van der Waals surface area (Å²) in [5.41, 5.74) is 1.12. The van der Waals surface area contributed by atoms with Crippen molar-refractivity contribution in [2.24, 2.45) is 0 Å². The number of benzene rings is 1. The predicted octanol–water partition coefficient (Wildman–Crippen LogP) is 2.53. The van der Waals surface area contributed by atoms with Crippen LogP contribution in [-0.2, 0) is 6.42 Å². The minimum absolute atomic E-state index is 0.618. The molecule has 2 heteroatoms. The maximum Gasteiger partial charge on any atom is 0.0842 e. The smallest absolute Gasteiger partial charge is 0.0842 e. The molecule has 0 fully saturated rings. The van der Waals surface area contributed by atoms with Crippen LogP contribution < -0.4 is 0 Å². The van der Waals surface area contributed by atoms with Crippen LogP contribution in [-0.4, -0.2) is 5.11 Å². The minimum atomic E-state index is 0.618. The lowest BCUT2D eigenvalue weighted by atomic mass is 10.2. The van der Waals surface area contributed by atoms with Crippen LogP contribution in [0, 0.1) is 6.61 Å². The molecule has 0 aliphatic carbocycles. The van der Waals surface area contributed by atoms with Gasteiger partial charge < -0.3 is 5.11 Å². The van der Waals surface area contributed by atoms with Crippen molar-refractivity contribution in [2.75, 3.05) is 0 Å². The summed E-state index contributed by atoms with van der Waals surface area (Å²) in [5.74, 6) is 0. The highest BCUT2D eigenvalue weighted by Crippen LogP contribution is 2.10. The average Bonchev–Trinajstić information content (AvgIpc) is 1.95. The van der Waals surface area contributed by atoms with Gasteiger partial charge in [-0.3, -0.25) is 0 Å². The number of hydrogen-bond acceptors (Lipinski definition) is 1. The van der Waals surface area contributed by atoms with Crippen molar-refractivity contribution in [3.05, 3.63) is 40.9 Å². The van der Waals surface area contributed by atoms with Crippen LogP contribution >= 0.6 is 15.9 Å². The Hall–Kier alpha value is -0.340. The molecule has 1 radical (unpaired) electrons. The Bertz CT molecular complexity index is 193. The van der Waals surface area contributed by atoms with Crippen molar-refractivity contribution in [1.82, 2.24) is 0 Å². The van der Waals surface area contributed by atoms with E-state index in [9.17, 15) is 0 Å². The summed E-state index contributed by atoms with van der Waals surface area (Å²) in [6.07, 6.45) is 0.618. The summed E-state index contributed by atoms with van der Waals surface area (Å²) in [5, 5.41) is 8.45. The van der Waals surface area contributed by atoms with Gasteiger partial charge >= 0.3 is 0 Å². The first-order chi connectivity index (χ1) is 4.83. The number of aliphatic hydroxyl groups is 1. The van der Waals surface area contributed by atoms with E-state index in [1.807, 2.05) is 24.3 Å². The molecule has 1 aromatic rings. The van der Waals surface area contributed by atoms with Crippen LogP contribution in [0.15, 0.2) is 28.7 Å². The van der Waals surface area contributed by atoms with E-state index in [2.05, 4.69) is 15.9 Å². The molecule has 0 saturated carbocycles. The van der Waals surface area contributed by atoms with Gasteiger partial charge in [-0.2, -0.15) is 0 Å². The largest absolute Gasteiger partial charge is 0.390 e. The van der Waals surface area contributed by atoms with Crippen molar-refractivity contribution in [1.29, 1.82) is 0 Å². The number of rotatable bonds is 2. The van der Waals surface area contributed by atoms with Gasteiger partial charge in [0.25, 0.3) is 0 Å². The molecule has 1 nitrogen and oxygen atoms in total. The third-order valence-corrected chi connectivity index (χ3v) is 1.77. The highest BCUT2D eigenvalue weighted by Gasteiger charge is 1.89. The van der Waals surface area contributed by atoms with Gasteiger partial charge in [0.2, 0.25) is 0 Å². The second kappa shape index (κ2) is 3.74. The minimum Gasteiger partial charge on any atom is -0.390 e. The fraction of sp³-hybridized carbons (Fsp3) is 0.125. The topological polar surface area (TPSA) is 20.2 Å². The van der Waals surface area contributed by atoms with E-state index in [0.29, 0.717) is 6.42 Å². The lowest BCUT2D eigenvalue weighted by molar-refractivity contribution is 0.385. The van der Waals surface area contributed by atoms with Gasteiger partial charge in [-0.15, -0.1) is 0 Å². The second-order valence-electron chi connectivity index (χ2n) is 2.01. The Kier molecular flexibility index (Phi) is 2.90. The third kappa shape index (κ3) is 2.12. The van der Waals surface area contributed by atoms with Crippen LogP contribution in [0.3, 0.4) is 0 Å². The van der Waals surface area contributed by atoms with E-state index in [4.69, 9.17) is 5.11 Å². The molecule has 0 aromatic heterocycles. The molecule has 0 aliphatic heterocycles. The maximum atomic E-state index is 8.45. The normalized spacial score (nSPS) is 9.80. The molecule has 1 N–H and O–H groups in total. The first-order valence-electron chi connectivity index (χ1n) is 3.03. The predicted molar refractivity (Wildman–Crippen MR) is 44.1 cm³/mol. The fourth-order valence-corrected chi connectivity index (χ4v) is 0.990. The van der Waals surface area contributed by atoms with Gasteiger partial charge in [0, 0.05) is 10.9 Å². The molecule has 0 amide bonds. The highest BCUT2D eigenvalue weighted by molar-refractivity contribution is 9.10. The molecule has 0 unspecified atom stereocenters. The first-order valence-corrected chi connectivity index (χ1v) is 3.82. The maximum absolute atomic E-state index is 8.45. The van der Waals surface area contributed by atoms with Crippen LogP contribution in [0.25, 0.3) is 0 Å². The van der Waals surface area contributed by atoms with E-state index >= 15 is 0 Å². The zero-order chi connectivity index (χ0) is 7.40. The molecule has 0 aliphatic rings. The van der Waals surface area contributed by atoms with Crippen molar-refractivity contribution >= 4 is 15.9 Å². The summed E-state index contributed by atoms with van der Waals surface area (Å²) in [7, 11) is 0. The zero-order valence-corrected chi connectivity index (χ0v) is 7.01. The van der Waals surface area contributed by atoms with Crippen molar-refractivity contribution in [2.45, 2.75) is 6.42 Å². The van der Waals surface area contributed by atoms with Gasteiger partial charge in [0.1, 0.15) is 0 Å². The first kappa shape index (κ1) is 7.76. The molecule has 0 bridgehead atoms. The van der Waals surface area contributed by atoms with E-state index in [0.717, 1.165) is 16.6 Å². The third-order valence-electron chi connectivity index (χ3n) is 1.24. The number of hydrogen-bond donors (Lipinski definition) is 1. The lowest BCUT2D eigenvalue weighted by Crippen LogP contribution is -1.83. The van der Waals surface area contributed by atoms with Crippen molar-refractivity contribution in [3.63, 3.8) is 0 Å². The molecule has 53 valence electrons. The summed E-state index contributed by atoms with van der Waals surface area (Å²) in [4.78, 5) is 0. The standard InChI is InChI=1S/C8H8BrO/c9-8-3-1-7(2-4-8)5-6-10/h1-4,6,10H,5H2. The Morgan fingerprint density at radius 3 is 2.40 bits per heavy atom. The molecule has 1 aromatic carbocycles.